The second kappa shape index (κ2) is 5.45. The number of hydrogen-bond acceptors (Lipinski definition) is 3. The van der Waals surface area contributed by atoms with Gasteiger partial charge >= 0.3 is 5.97 Å². The first-order valence-corrected chi connectivity index (χ1v) is 6.53. The minimum absolute atomic E-state index is 0.175. The third kappa shape index (κ3) is 3.66. The van der Waals surface area contributed by atoms with Gasteiger partial charge in [0.25, 0.3) is 5.91 Å². The fourth-order valence-electron chi connectivity index (χ4n) is 2.08. The van der Waals surface area contributed by atoms with Gasteiger partial charge in [-0.25, -0.2) is 4.79 Å². The van der Waals surface area contributed by atoms with Crippen LogP contribution in [0.2, 0.25) is 0 Å². The molecule has 1 aliphatic carbocycles. The summed E-state index contributed by atoms with van der Waals surface area (Å²) >= 11 is 0. The largest absolute Gasteiger partial charge is 0.478 e. The number of carbonyl (C=O) groups excluding carboxylic acids is 1. The molecule has 1 heterocycles. The zero-order valence-corrected chi connectivity index (χ0v) is 11.6. The molecule has 5 heteroatoms. The molecule has 0 bridgehead atoms. The SMILES string of the molecule is CC1(C)CC1CNC(=O)c1cncc(/C=C/C(=O)O)c1. The molecule has 2 rings (SSSR count). The van der Waals surface area contributed by atoms with Gasteiger partial charge in [-0.15, -0.1) is 0 Å². The summed E-state index contributed by atoms with van der Waals surface area (Å²) in [6.45, 7) is 5.03. The van der Waals surface area contributed by atoms with Crippen LogP contribution in [0, 0.1) is 11.3 Å². The van der Waals surface area contributed by atoms with Gasteiger partial charge in [0.2, 0.25) is 0 Å². The van der Waals surface area contributed by atoms with Crippen LogP contribution in [0.1, 0.15) is 36.2 Å². The third-order valence-corrected chi connectivity index (χ3v) is 3.67. The van der Waals surface area contributed by atoms with E-state index in [-0.39, 0.29) is 5.91 Å². The van der Waals surface area contributed by atoms with Crippen LogP contribution in [0.15, 0.2) is 24.5 Å². The molecule has 20 heavy (non-hydrogen) atoms. The Kier molecular flexibility index (Phi) is 3.88. The number of amides is 1. The zero-order chi connectivity index (χ0) is 14.8. The van der Waals surface area contributed by atoms with Crippen molar-refractivity contribution in [2.24, 2.45) is 11.3 Å². The molecule has 1 atom stereocenters. The highest BCUT2D eigenvalue weighted by molar-refractivity contribution is 5.94. The maximum absolute atomic E-state index is 12.0. The highest BCUT2D eigenvalue weighted by atomic mass is 16.4. The molecule has 1 aromatic heterocycles. The highest BCUT2D eigenvalue weighted by Gasteiger charge is 2.45. The van der Waals surface area contributed by atoms with E-state index in [9.17, 15) is 9.59 Å². The molecular weight excluding hydrogens is 256 g/mol. The van der Waals surface area contributed by atoms with Crippen LogP contribution in [0.5, 0.6) is 0 Å². The molecule has 1 aliphatic rings. The smallest absolute Gasteiger partial charge is 0.328 e. The van der Waals surface area contributed by atoms with E-state index in [1.54, 1.807) is 6.07 Å². The summed E-state index contributed by atoms with van der Waals surface area (Å²) in [6, 6.07) is 1.62. The molecular formula is C15H18N2O3. The normalized spacial score (nSPS) is 19.8. The van der Waals surface area contributed by atoms with E-state index in [2.05, 4.69) is 24.1 Å². The summed E-state index contributed by atoms with van der Waals surface area (Å²) in [7, 11) is 0. The van der Waals surface area contributed by atoms with Crippen LogP contribution >= 0.6 is 0 Å². The van der Waals surface area contributed by atoms with E-state index in [0.29, 0.717) is 29.0 Å². The summed E-state index contributed by atoms with van der Waals surface area (Å²) in [5.41, 5.74) is 1.36. The molecule has 0 aliphatic heterocycles. The molecule has 1 saturated carbocycles. The Morgan fingerprint density at radius 2 is 2.20 bits per heavy atom. The van der Waals surface area contributed by atoms with Crippen molar-refractivity contribution in [1.82, 2.24) is 10.3 Å². The highest BCUT2D eigenvalue weighted by Crippen LogP contribution is 2.50. The standard InChI is InChI=1S/C15H18N2O3/c1-15(2)6-12(15)9-17-14(20)11-5-10(7-16-8-11)3-4-13(18)19/h3-5,7-8,12H,6,9H2,1-2H3,(H,17,20)(H,18,19)/b4-3+. The number of nitrogens with zero attached hydrogens (tertiary/aromatic N) is 1. The maximum atomic E-state index is 12.0. The van der Waals surface area contributed by atoms with E-state index >= 15 is 0 Å². The molecule has 106 valence electrons. The van der Waals surface area contributed by atoms with E-state index in [0.717, 1.165) is 12.5 Å². The molecule has 2 N–H and O–H groups in total. The Labute approximate surface area is 117 Å². The average molecular weight is 274 g/mol. The van der Waals surface area contributed by atoms with Crippen molar-refractivity contribution in [2.75, 3.05) is 6.54 Å². The first-order chi connectivity index (χ1) is 9.38. The first kappa shape index (κ1) is 14.2. The number of rotatable bonds is 5. The molecule has 0 spiro atoms. The number of nitrogens with one attached hydrogen (secondary N) is 1. The van der Waals surface area contributed by atoms with Crippen LogP contribution in [-0.4, -0.2) is 28.5 Å². The topological polar surface area (TPSA) is 79.3 Å². The maximum Gasteiger partial charge on any atom is 0.328 e. The first-order valence-electron chi connectivity index (χ1n) is 6.53. The molecule has 1 amide bonds. The quantitative estimate of drug-likeness (QED) is 0.804. The fourth-order valence-corrected chi connectivity index (χ4v) is 2.08. The number of aromatic nitrogens is 1. The molecule has 0 radical (unpaired) electrons. The van der Waals surface area contributed by atoms with Gasteiger partial charge in [0, 0.05) is 25.0 Å². The second-order valence-corrected chi connectivity index (χ2v) is 5.78. The summed E-state index contributed by atoms with van der Waals surface area (Å²) in [5, 5.41) is 11.5. The van der Waals surface area contributed by atoms with Crippen molar-refractivity contribution in [3.05, 3.63) is 35.7 Å². The van der Waals surface area contributed by atoms with E-state index in [4.69, 9.17) is 5.11 Å². The van der Waals surface area contributed by atoms with Gasteiger partial charge in [0.1, 0.15) is 0 Å². The number of aliphatic carboxylic acids is 1. The van der Waals surface area contributed by atoms with E-state index in [1.165, 1.54) is 18.5 Å². The molecule has 5 nitrogen and oxygen atoms in total. The minimum atomic E-state index is -1.03. The number of pyridine rings is 1. The number of carbonyl (C=O) groups is 2. The Morgan fingerprint density at radius 3 is 2.80 bits per heavy atom. The van der Waals surface area contributed by atoms with Gasteiger partial charge in [0.15, 0.2) is 0 Å². The Bertz CT molecular complexity index is 564. The van der Waals surface area contributed by atoms with Crippen molar-refractivity contribution in [3.8, 4) is 0 Å². The van der Waals surface area contributed by atoms with Gasteiger partial charge in [-0.05, 0) is 35.5 Å². The van der Waals surface area contributed by atoms with Gasteiger partial charge < -0.3 is 10.4 Å². The van der Waals surface area contributed by atoms with Crippen molar-refractivity contribution < 1.29 is 14.7 Å². The fraction of sp³-hybridized carbons (Fsp3) is 0.400. The minimum Gasteiger partial charge on any atom is -0.478 e. The predicted octanol–water partition coefficient (Wildman–Crippen LogP) is 1.96. The molecule has 1 aromatic rings. The zero-order valence-electron chi connectivity index (χ0n) is 11.6. The van der Waals surface area contributed by atoms with Crippen molar-refractivity contribution in [2.45, 2.75) is 20.3 Å². The predicted molar refractivity (Wildman–Crippen MR) is 75.1 cm³/mol. The van der Waals surface area contributed by atoms with E-state index < -0.39 is 5.97 Å². The van der Waals surface area contributed by atoms with Crippen molar-refractivity contribution in [1.29, 1.82) is 0 Å². The summed E-state index contributed by atoms with van der Waals surface area (Å²) < 4.78 is 0. The molecule has 1 fully saturated rings. The second-order valence-electron chi connectivity index (χ2n) is 5.78. The Balaban J connectivity index is 1.96. The lowest BCUT2D eigenvalue weighted by Gasteiger charge is -2.06. The van der Waals surface area contributed by atoms with Crippen LogP contribution in [0.4, 0.5) is 0 Å². The van der Waals surface area contributed by atoms with Crippen LogP contribution in [0.25, 0.3) is 6.08 Å². The van der Waals surface area contributed by atoms with Crippen LogP contribution < -0.4 is 5.32 Å². The number of carboxylic acids is 1. The van der Waals surface area contributed by atoms with Crippen molar-refractivity contribution >= 4 is 18.0 Å². The number of carboxylic acid groups (broad SMARTS) is 1. The van der Waals surface area contributed by atoms with Crippen LogP contribution in [0.3, 0.4) is 0 Å². The lowest BCUT2D eigenvalue weighted by Crippen LogP contribution is -2.26. The number of hydrogen-bond donors (Lipinski definition) is 2. The molecule has 1 unspecified atom stereocenters. The Morgan fingerprint density at radius 1 is 1.50 bits per heavy atom. The van der Waals surface area contributed by atoms with E-state index in [1.807, 2.05) is 0 Å². The van der Waals surface area contributed by atoms with Gasteiger partial charge in [0.05, 0.1) is 5.56 Å². The monoisotopic (exact) mass is 274 g/mol. The van der Waals surface area contributed by atoms with Gasteiger partial charge in [-0.3, -0.25) is 9.78 Å². The average Bonchev–Trinajstić information content (AvgIpc) is 3.01. The Hall–Kier alpha value is -2.17. The van der Waals surface area contributed by atoms with Crippen molar-refractivity contribution in [3.63, 3.8) is 0 Å². The summed E-state index contributed by atoms with van der Waals surface area (Å²) in [5.74, 6) is -0.670. The molecule has 0 aromatic carbocycles. The summed E-state index contributed by atoms with van der Waals surface area (Å²) in [6.07, 6.45) is 6.56. The van der Waals surface area contributed by atoms with Crippen LogP contribution in [-0.2, 0) is 4.79 Å². The lowest BCUT2D eigenvalue weighted by atomic mass is 10.1. The molecule has 0 saturated heterocycles. The van der Waals surface area contributed by atoms with Gasteiger partial charge in [-0.1, -0.05) is 13.8 Å². The third-order valence-electron chi connectivity index (χ3n) is 3.67. The summed E-state index contributed by atoms with van der Waals surface area (Å²) in [4.78, 5) is 26.4. The van der Waals surface area contributed by atoms with Gasteiger partial charge in [-0.2, -0.15) is 0 Å². The lowest BCUT2D eigenvalue weighted by molar-refractivity contribution is -0.131.